The van der Waals surface area contributed by atoms with Gasteiger partial charge in [-0.05, 0) is 131 Å². The number of hydrogen-bond donors (Lipinski definition) is 0. The van der Waals surface area contributed by atoms with E-state index in [0.717, 1.165) is 33.8 Å². The Hall–Kier alpha value is -8.82. The molecular weight excluding hydrogens is 863 g/mol. The summed E-state index contributed by atoms with van der Waals surface area (Å²) in [5.74, 6) is 0. The van der Waals surface area contributed by atoms with Crippen LogP contribution in [0.15, 0.2) is 273 Å². The minimum atomic E-state index is 1.08. The summed E-state index contributed by atoms with van der Waals surface area (Å²) in [5, 5.41) is 7.63. The second kappa shape index (κ2) is 17.7. The van der Waals surface area contributed by atoms with Gasteiger partial charge >= 0.3 is 0 Å². The van der Waals surface area contributed by atoms with Crippen LogP contribution < -0.4 is 4.90 Å². The lowest BCUT2D eigenvalue weighted by Gasteiger charge is -2.29. The van der Waals surface area contributed by atoms with Crippen LogP contribution in [0.25, 0.3) is 108 Å². The summed E-state index contributed by atoms with van der Waals surface area (Å²) >= 11 is 1.88. The first-order valence-electron chi connectivity index (χ1n) is 24.0. The standard InChI is InChI=1S/C68H45NS/c1-5-18-46(19-6-1)53-37-43-64(62(44-53)48-20-7-2-8-21-48)69(55-40-34-49(35-41-55)56-29-17-30-61-59-27-15-16-31-65(59)70-68(56)61)54-38-32-47(33-39-54)52-36-42-58-57-26-13-14-28-60(57)66(50-22-9-3-10-23-50)67(63(58)45-52)51-24-11-4-12-25-51/h1-45H. The van der Waals surface area contributed by atoms with E-state index in [2.05, 4.69) is 278 Å². The van der Waals surface area contributed by atoms with Crippen LogP contribution in [-0.2, 0) is 0 Å². The van der Waals surface area contributed by atoms with E-state index in [0.29, 0.717) is 0 Å². The fraction of sp³-hybridized carbons (Fsp3) is 0. The Morgan fingerprint density at radius 2 is 0.686 bits per heavy atom. The number of nitrogens with zero attached hydrogens (tertiary/aromatic N) is 1. The average molecular weight is 908 g/mol. The SMILES string of the molecule is c1ccc(-c2ccc(N(c3ccc(-c4ccc5c(c4)c(-c4ccccc4)c(-c4ccccc4)c4ccccc45)cc3)c3ccc(-c4cccc5c4sc4ccccc45)cc3)c(-c3ccccc3)c2)cc1. The fourth-order valence-corrected chi connectivity index (χ4v) is 11.8. The second-order valence-electron chi connectivity index (χ2n) is 18.0. The molecule has 0 N–H and O–H groups in total. The lowest BCUT2D eigenvalue weighted by molar-refractivity contribution is 1.28. The fourth-order valence-electron chi connectivity index (χ4n) is 10.6. The van der Waals surface area contributed by atoms with Crippen LogP contribution in [-0.4, -0.2) is 0 Å². The highest BCUT2D eigenvalue weighted by Gasteiger charge is 2.21. The summed E-state index contributed by atoms with van der Waals surface area (Å²) in [7, 11) is 0. The maximum atomic E-state index is 2.43. The molecule has 0 unspecified atom stereocenters. The molecule has 12 aromatic carbocycles. The van der Waals surface area contributed by atoms with Crippen molar-refractivity contribution in [3.8, 4) is 66.8 Å². The van der Waals surface area contributed by atoms with Gasteiger partial charge in [0.25, 0.3) is 0 Å². The molecule has 0 spiro atoms. The molecule has 1 aromatic heterocycles. The van der Waals surface area contributed by atoms with Gasteiger partial charge in [0.15, 0.2) is 0 Å². The summed E-state index contributed by atoms with van der Waals surface area (Å²) < 4.78 is 2.63. The van der Waals surface area contributed by atoms with Crippen molar-refractivity contribution in [2.24, 2.45) is 0 Å². The van der Waals surface area contributed by atoms with E-state index in [1.54, 1.807) is 0 Å². The Morgan fingerprint density at radius 3 is 1.34 bits per heavy atom. The Bertz CT molecular complexity index is 4010. The van der Waals surface area contributed by atoms with Gasteiger partial charge in [-0.1, -0.05) is 224 Å². The first kappa shape index (κ1) is 41.4. The van der Waals surface area contributed by atoms with Crippen LogP contribution in [0.5, 0.6) is 0 Å². The molecule has 0 atom stereocenters. The number of hydrogen-bond acceptors (Lipinski definition) is 2. The zero-order valence-corrected chi connectivity index (χ0v) is 39.2. The van der Waals surface area contributed by atoms with Crippen molar-refractivity contribution in [3.63, 3.8) is 0 Å². The van der Waals surface area contributed by atoms with Crippen molar-refractivity contribution in [3.05, 3.63) is 273 Å². The van der Waals surface area contributed by atoms with Crippen molar-refractivity contribution in [1.82, 2.24) is 0 Å². The molecule has 2 heteroatoms. The first-order chi connectivity index (χ1) is 34.7. The number of thiophene rings is 1. The average Bonchev–Trinajstić information content (AvgIpc) is 3.83. The lowest BCUT2D eigenvalue weighted by Crippen LogP contribution is -2.11. The van der Waals surface area contributed by atoms with Crippen LogP contribution >= 0.6 is 11.3 Å². The molecule has 328 valence electrons. The van der Waals surface area contributed by atoms with Crippen molar-refractivity contribution in [1.29, 1.82) is 0 Å². The normalized spacial score (nSPS) is 11.4. The molecule has 0 fully saturated rings. The third-order valence-electron chi connectivity index (χ3n) is 13.9. The monoisotopic (exact) mass is 907 g/mol. The third kappa shape index (κ3) is 7.34. The number of rotatable bonds is 9. The van der Waals surface area contributed by atoms with Gasteiger partial charge in [-0.2, -0.15) is 0 Å². The lowest BCUT2D eigenvalue weighted by atomic mass is 9.84. The van der Waals surface area contributed by atoms with Crippen molar-refractivity contribution in [2.45, 2.75) is 0 Å². The van der Waals surface area contributed by atoms with Gasteiger partial charge in [-0.3, -0.25) is 0 Å². The van der Waals surface area contributed by atoms with Crippen molar-refractivity contribution >= 4 is 70.1 Å². The molecule has 70 heavy (non-hydrogen) atoms. The molecule has 0 aliphatic heterocycles. The Morgan fingerprint density at radius 1 is 0.243 bits per heavy atom. The van der Waals surface area contributed by atoms with E-state index in [1.807, 2.05) is 11.3 Å². The smallest absolute Gasteiger partial charge is 0.0540 e. The van der Waals surface area contributed by atoms with E-state index < -0.39 is 0 Å². The van der Waals surface area contributed by atoms with Gasteiger partial charge in [0.1, 0.15) is 0 Å². The molecule has 13 rings (SSSR count). The molecule has 0 bridgehead atoms. The van der Waals surface area contributed by atoms with E-state index in [1.165, 1.54) is 91.8 Å². The quantitative estimate of drug-likeness (QED) is 0.130. The predicted octanol–water partition coefficient (Wildman–Crippen LogP) is 19.8. The second-order valence-corrected chi connectivity index (χ2v) is 19.0. The summed E-state index contributed by atoms with van der Waals surface area (Å²) in [6.45, 7) is 0. The Kier molecular flexibility index (Phi) is 10.5. The van der Waals surface area contributed by atoms with E-state index in [4.69, 9.17) is 0 Å². The van der Waals surface area contributed by atoms with Crippen LogP contribution in [0, 0.1) is 0 Å². The van der Waals surface area contributed by atoms with Crippen LogP contribution in [0.1, 0.15) is 0 Å². The van der Waals surface area contributed by atoms with Gasteiger partial charge in [0.2, 0.25) is 0 Å². The highest BCUT2D eigenvalue weighted by Crippen LogP contribution is 2.48. The molecule has 1 nitrogen and oxygen atoms in total. The maximum Gasteiger partial charge on any atom is 0.0540 e. The van der Waals surface area contributed by atoms with Crippen molar-refractivity contribution in [2.75, 3.05) is 4.90 Å². The van der Waals surface area contributed by atoms with Crippen LogP contribution in [0.3, 0.4) is 0 Å². The molecule has 0 saturated carbocycles. The third-order valence-corrected chi connectivity index (χ3v) is 15.1. The Labute approximate surface area is 412 Å². The maximum absolute atomic E-state index is 2.43. The Balaban J connectivity index is 0.969. The summed E-state index contributed by atoms with van der Waals surface area (Å²) in [6, 6.07) is 99.9. The van der Waals surface area contributed by atoms with Gasteiger partial charge in [0.05, 0.1) is 5.69 Å². The van der Waals surface area contributed by atoms with E-state index in [9.17, 15) is 0 Å². The molecule has 13 aromatic rings. The van der Waals surface area contributed by atoms with Crippen molar-refractivity contribution < 1.29 is 0 Å². The number of fused-ring (bicyclic) bond motifs is 6. The highest BCUT2D eigenvalue weighted by atomic mass is 32.1. The summed E-state index contributed by atoms with van der Waals surface area (Å²) in [6.07, 6.45) is 0. The minimum Gasteiger partial charge on any atom is -0.310 e. The zero-order valence-electron chi connectivity index (χ0n) is 38.3. The van der Waals surface area contributed by atoms with Gasteiger partial charge < -0.3 is 4.90 Å². The minimum absolute atomic E-state index is 1.08. The molecule has 0 radical (unpaired) electrons. The predicted molar refractivity (Wildman–Crippen MR) is 302 cm³/mol. The summed E-state index contributed by atoms with van der Waals surface area (Å²) in [4.78, 5) is 2.43. The first-order valence-corrected chi connectivity index (χ1v) is 24.8. The van der Waals surface area contributed by atoms with Crippen LogP contribution in [0.2, 0.25) is 0 Å². The number of anilines is 3. The van der Waals surface area contributed by atoms with E-state index in [-0.39, 0.29) is 0 Å². The molecule has 0 amide bonds. The molecule has 0 aliphatic rings. The highest BCUT2D eigenvalue weighted by molar-refractivity contribution is 7.26. The number of benzene rings is 12. The molecule has 1 heterocycles. The molecule has 0 aliphatic carbocycles. The molecule has 0 saturated heterocycles. The molecular formula is C68H45NS. The van der Waals surface area contributed by atoms with Gasteiger partial charge in [-0.25, -0.2) is 0 Å². The van der Waals surface area contributed by atoms with Crippen LogP contribution in [0.4, 0.5) is 17.1 Å². The largest absolute Gasteiger partial charge is 0.310 e. The van der Waals surface area contributed by atoms with E-state index >= 15 is 0 Å². The topological polar surface area (TPSA) is 3.24 Å². The summed E-state index contributed by atoms with van der Waals surface area (Å²) in [5.41, 5.74) is 17.7. The van der Waals surface area contributed by atoms with Gasteiger partial charge in [-0.15, -0.1) is 11.3 Å². The van der Waals surface area contributed by atoms with Gasteiger partial charge in [0, 0.05) is 37.1 Å². The zero-order chi connectivity index (χ0) is 46.4.